The van der Waals surface area contributed by atoms with Gasteiger partial charge in [0.2, 0.25) is 5.91 Å². The molecule has 1 amide bonds. The predicted molar refractivity (Wildman–Crippen MR) is 81.7 cm³/mol. The first-order chi connectivity index (χ1) is 9.27. The second kappa shape index (κ2) is 10.1. The Labute approximate surface area is 123 Å². The van der Waals surface area contributed by atoms with Gasteiger partial charge in [-0.15, -0.1) is 0 Å². The number of likely N-dealkylation sites (N-methyl/N-ethyl adjacent to an activating group) is 1. The molecule has 0 aliphatic carbocycles. The highest BCUT2D eigenvalue weighted by molar-refractivity contribution is 5.81. The van der Waals surface area contributed by atoms with E-state index in [0.717, 1.165) is 6.42 Å². The van der Waals surface area contributed by atoms with Gasteiger partial charge in [0.15, 0.2) is 0 Å². The van der Waals surface area contributed by atoms with Crippen molar-refractivity contribution in [3.63, 3.8) is 0 Å². The Balaban J connectivity index is 3.87. The summed E-state index contributed by atoms with van der Waals surface area (Å²) in [5.41, 5.74) is 0. The summed E-state index contributed by atoms with van der Waals surface area (Å²) in [7, 11) is 1.77. The van der Waals surface area contributed by atoms with Gasteiger partial charge in [0.1, 0.15) is 0 Å². The van der Waals surface area contributed by atoms with Crippen molar-refractivity contribution in [2.75, 3.05) is 26.7 Å². The van der Waals surface area contributed by atoms with Crippen LogP contribution in [-0.4, -0.2) is 60.9 Å². The van der Waals surface area contributed by atoms with E-state index in [1.807, 2.05) is 20.8 Å². The van der Waals surface area contributed by atoms with Crippen molar-refractivity contribution in [2.24, 2.45) is 5.92 Å². The second-order valence-electron chi connectivity index (χ2n) is 5.91. The Hall–Kier alpha value is -0.650. The zero-order valence-electron chi connectivity index (χ0n) is 13.8. The van der Waals surface area contributed by atoms with Crippen LogP contribution in [0.3, 0.4) is 0 Å². The van der Waals surface area contributed by atoms with Crippen LogP contribution in [0.25, 0.3) is 0 Å². The highest BCUT2D eigenvalue weighted by Gasteiger charge is 2.17. The molecule has 0 bridgehead atoms. The molecular formula is C15H32N2O3. The maximum Gasteiger partial charge on any atom is 0.239 e. The molecule has 3 unspecified atom stereocenters. The fourth-order valence-corrected chi connectivity index (χ4v) is 1.95. The molecule has 0 radical (unpaired) electrons. The van der Waals surface area contributed by atoms with Crippen LogP contribution in [0, 0.1) is 5.92 Å². The molecule has 5 heteroatoms. The highest BCUT2D eigenvalue weighted by atomic mass is 16.5. The molecule has 0 aromatic rings. The summed E-state index contributed by atoms with van der Waals surface area (Å²) in [5.74, 6) is 0.622. The van der Waals surface area contributed by atoms with Crippen molar-refractivity contribution >= 4 is 5.91 Å². The largest absolute Gasteiger partial charge is 0.389 e. The highest BCUT2D eigenvalue weighted by Crippen LogP contribution is 2.07. The van der Waals surface area contributed by atoms with Gasteiger partial charge >= 0.3 is 0 Å². The van der Waals surface area contributed by atoms with Gasteiger partial charge in [-0.2, -0.15) is 0 Å². The van der Waals surface area contributed by atoms with E-state index in [1.165, 1.54) is 0 Å². The first-order valence-electron chi connectivity index (χ1n) is 7.55. The Morgan fingerprint density at radius 2 is 1.90 bits per heavy atom. The van der Waals surface area contributed by atoms with Crippen molar-refractivity contribution in [1.29, 1.82) is 0 Å². The van der Waals surface area contributed by atoms with E-state index in [1.54, 1.807) is 11.9 Å². The number of carbonyl (C=O) groups excluding carboxylic acids is 1. The maximum absolute atomic E-state index is 11.8. The molecule has 0 aromatic heterocycles. The van der Waals surface area contributed by atoms with Gasteiger partial charge in [-0.1, -0.05) is 13.8 Å². The monoisotopic (exact) mass is 288 g/mol. The van der Waals surface area contributed by atoms with Crippen molar-refractivity contribution in [3.8, 4) is 0 Å². The van der Waals surface area contributed by atoms with Gasteiger partial charge in [0.05, 0.1) is 24.9 Å². The van der Waals surface area contributed by atoms with E-state index in [0.29, 0.717) is 25.6 Å². The predicted octanol–water partition coefficient (Wildman–Crippen LogP) is 1.25. The summed E-state index contributed by atoms with van der Waals surface area (Å²) in [4.78, 5) is 13.5. The Bertz CT molecular complexity index is 272. The summed E-state index contributed by atoms with van der Waals surface area (Å²) in [6.45, 7) is 11.4. The lowest BCUT2D eigenvalue weighted by molar-refractivity contribution is -0.131. The first-order valence-corrected chi connectivity index (χ1v) is 7.55. The van der Waals surface area contributed by atoms with Crippen LogP contribution >= 0.6 is 0 Å². The van der Waals surface area contributed by atoms with Crippen LogP contribution in [0.2, 0.25) is 0 Å². The quantitative estimate of drug-likeness (QED) is 0.635. The average Bonchev–Trinajstić information content (AvgIpc) is 2.39. The minimum atomic E-state index is -0.591. The average molecular weight is 288 g/mol. The van der Waals surface area contributed by atoms with Gasteiger partial charge in [-0.05, 0) is 33.1 Å². The summed E-state index contributed by atoms with van der Waals surface area (Å²) in [6, 6.07) is -0.289. The maximum atomic E-state index is 11.8. The van der Waals surface area contributed by atoms with Crippen LogP contribution in [0.4, 0.5) is 0 Å². The second-order valence-corrected chi connectivity index (χ2v) is 5.91. The molecule has 2 N–H and O–H groups in total. The van der Waals surface area contributed by atoms with Crippen LogP contribution < -0.4 is 5.32 Å². The van der Waals surface area contributed by atoms with Crippen molar-refractivity contribution in [2.45, 2.75) is 59.3 Å². The van der Waals surface area contributed by atoms with E-state index in [-0.39, 0.29) is 18.1 Å². The molecule has 0 saturated carbocycles. The van der Waals surface area contributed by atoms with Crippen LogP contribution in [0.15, 0.2) is 0 Å². The summed E-state index contributed by atoms with van der Waals surface area (Å²) in [6.07, 6.45) is 0.540. The summed E-state index contributed by atoms with van der Waals surface area (Å²) >= 11 is 0. The first kappa shape index (κ1) is 19.4. The van der Waals surface area contributed by atoms with Crippen molar-refractivity contribution in [1.82, 2.24) is 10.2 Å². The molecule has 0 fully saturated rings. The Morgan fingerprint density at radius 3 is 2.40 bits per heavy atom. The van der Waals surface area contributed by atoms with Crippen LogP contribution in [0.1, 0.15) is 41.0 Å². The number of aliphatic hydroxyl groups excluding tert-OH is 1. The minimum Gasteiger partial charge on any atom is -0.389 e. The van der Waals surface area contributed by atoms with Crippen LogP contribution in [0.5, 0.6) is 0 Å². The standard InChI is InChI=1S/C15H32N2O3/c1-7-17(6)15(19)13(5)16-9-14(18)10-20-12(4)8-11(2)3/h11-14,16,18H,7-10H2,1-6H3. The van der Waals surface area contributed by atoms with Gasteiger partial charge in [-0.25, -0.2) is 0 Å². The number of amides is 1. The molecule has 20 heavy (non-hydrogen) atoms. The molecule has 0 aromatic carbocycles. The molecule has 0 saturated heterocycles. The fraction of sp³-hybridized carbons (Fsp3) is 0.933. The van der Waals surface area contributed by atoms with E-state index in [9.17, 15) is 9.90 Å². The number of nitrogens with one attached hydrogen (secondary N) is 1. The molecule has 0 rings (SSSR count). The fourth-order valence-electron chi connectivity index (χ4n) is 1.95. The number of nitrogens with zero attached hydrogens (tertiary/aromatic N) is 1. The number of ether oxygens (including phenoxy) is 1. The SMILES string of the molecule is CCN(C)C(=O)C(C)NCC(O)COC(C)CC(C)C. The third-order valence-electron chi connectivity index (χ3n) is 3.26. The number of rotatable bonds is 10. The van der Waals surface area contributed by atoms with Crippen molar-refractivity contribution in [3.05, 3.63) is 0 Å². The number of hydrogen-bond acceptors (Lipinski definition) is 4. The topological polar surface area (TPSA) is 61.8 Å². The Kier molecular flexibility index (Phi) is 9.80. The van der Waals surface area contributed by atoms with E-state index >= 15 is 0 Å². The van der Waals surface area contributed by atoms with E-state index < -0.39 is 6.10 Å². The van der Waals surface area contributed by atoms with E-state index in [2.05, 4.69) is 19.2 Å². The van der Waals surface area contributed by atoms with E-state index in [4.69, 9.17) is 4.74 Å². The molecule has 0 aliphatic heterocycles. The lowest BCUT2D eigenvalue weighted by atomic mass is 10.1. The summed E-state index contributed by atoms with van der Waals surface area (Å²) < 4.78 is 5.59. The van der Waals surface area contributed by atoms with Crippen molar-refractivity contribution < 1.29 is 14.6 Å². The minimum absolute atomic E-state index is 0.0359. The third-order valence-corrected chi connectivity index (χ3v) is 3.26. The smallest absolute Gasteiger partial charge is 0.239 e. The van der Waals surface area contributed by atoms with Gasteiger partial charge in [-0.3, -0.25) is 4.79 Å². The van der Waals surface area contributed by atoms with Gasteiger partial charge < -0.3 is 20.1 Å². The zero-order chi connectivity index (χ0) is 15.7. The zero-order valence-corrected chi connectivity index (χ0v) is 13.8. The number of aliphatic hydroxyl groups is 1. The normalized spacial score (nSPS) is 16.0. The molecule has 3 atom stereocenters. The summed E-state index contributed by atoms with van der Waals surface area (Å²) in [5, 5.41) is 12.9. The molecule has 120 valence electrons. The number of carbonyl (C=O) groups is 1. The molecule has 5 nitrogen and oxygen atoms in total. The lowest BCUT2D eigenvalue weighted by Crippen LogP contribution is -2.46. The third kappa shape index (κ3) is 8.51. The molecule has 0 aliphatic rings. The van der Waals surface area contributed by atoms with Crippen LogP contribution in [-0.2, 0) is 9.53 Å². The van der Waals surface area contributed by atoms with Gasteiger partial charge in [0.25, 0.3) is 0 Å². The molecular weight excluding hydrogens is 256 g/mol. The molecule has 0 heterocycles. The molecule has 0 spiro atoms. The van der Waals surface area contributed by atoms with Gasteiger partial charge in [0, 0.05) is 20.1 Å². The lowest BCUT2D eigenvalue weighted by Gasteiger charge is -2.22. The Morgan fingerprint density at radius 1 is 1.30 bits per heavy atom. The number of hydrogen-bond donors (Lipinski definition) is 2.